The molecule has 0 radical (unpaired) electrons. The molecule has 6 heteroatoms. The third-order valence-electron chi connectivity index (χ3n) is 2.67. The summed E-state index contributed by atoms with van der Waals surface area (Å²) in [4.78, 5) is 24.7. The summed E-state index contributed by atoms with van der Waals surface area (Å²) >= 11 is 0. The number of methoxy groups -OCH3 is 1. The summed E-state index contributed by atoms with van der Waals surface area (Å²) in [6.45, 7) is 2.42. The first-order valence-electron chi connectivity index (χ1n) is 6.35. The molecule has 0 saturated heterocycles. The fourth-order valence-corrected chi connectivity index (χ4v) is 1.72. The molecule has 20 heavy (non-hydrogen) atoms. The van der Waals surface area contributed by atoms with E-state index in [1.807, 2.05) is 0 Å². The Kier molecular flexibility index (Phi) is 6.69. The Morgan fingerprint density at radius 1 is 1.25 bits per heavy atom. The largest absolute Gasteiger partial charge is 0.395 e. The molecule has 0 spiro atoms. The molecule has 0 aliphatic heterocycles. The van der Waals surface area contributed by atoms with Gasteiger partial charge in [0.2, 0.25) is 5.91 Å². The second-order valence-electron chi connectivity index (χ2n) is 4.27. The fraction of sp³-hybridized carbons (Fsp3) is 0.429. The zero-order valence-corrected chi connectivity index (χ0v) is 11.8. The molecule has 0 saturated carbocycles. The van der Waals surface area contributed by atoms with E-state index in [9.17, 15) is 9.59 Å². The van der Waals surface area contributed by atoms with Gasteiger partial charge in [-0.2, -0.15) is 0 Å². The van der Waals surface area contributed by atoms with Gasteiger partial charge in [0.15, 0.2) is 0 Å². The quantitative estimate of drug-likeness (QED) is 0.771. The summed E-state index contributed by atoms with van der Waals surface area (Å²) in [6.07, 6.45) is 0. The van der Waals surface area contributed by atoms with Crippen molar-refractivity contribution < 1.29 is 19.4 Å². The number of nitrogens with one attached hydrogen (secondary N) is 1. The molecule has 1 aromatic rings. The van der Waals surface area contributed by atoms with Crippen molar-refractivity contribution in [2.75, 3.05) is 38.7 Å². The molecule has 1 rings (SSSR count). The van der Waals surface area contributed by atoms with Gasteiger partial charge in [0.05, 0.1) is 13.2 Å². The van der Waals surface area contributed by atoms with E-state index in [1.54, 1.807) is 31.4 Å². The van der Waals surface area contributed by atoms with Gasteiger partial charge >= 0.3 is 0 Å². The third kappa shape index (κ3) is 4.99. The van der Waals surface area contributed by atoms with Crippen LogP contribution in [0.25, 0.3) is 0 Å². The van der Waals surface area contributed by atoms with Crippen LogP contribution in [0, 0.1) is 0 Å². The molecule has 1 aromatic carbocycles. The average Bonchev–Trinajstić information content (AvgIpc) is 2.43. The van der Waals surface area contributed by atoms with Crippen LogP contribution in [-0.2, 0) is 9.53 Å². The second-order valence-corrected chi connectivity index (χ2v) is 4.27. The van der Waals surface area contributed by atoms with Crippen LogP contribution in [0.5, 0.6) is 0 Å². The number of amides is 2. The smallest absolute Gasteiger partial charge is 0.254 e. The highest BCUT2D eigenvalue weighted by molar-refractivity contribution is 5.95. The molecular weight excluding hydrogens is 260 g/mol. The van der Waals surface area contributed by atoms with Gasteiger partial charge in [-0.05, 0) is 24.3 Å². The van der Waals surface area contributed by atoms with Crippen LogP contribution in [-0.4, -0.2) is 55.2 Å². The van der Waals surface area contributed by atoms with Gasteiger partial charge < -0.3 is 20.1 Å². The predicted octanol–water partition coefficient (Wildman–Crippen LogP) is 0.726. The van der Waals surface area contributed by atoms with Crippen LogP contribution >= 0.6 is 0 Å². The number of rotatable bonds is 7. The van der Waals surface area contributed by atoms with Crippen LogP contribution < -0.4 is 5.32 Å². The van der Waals surface area contributed by atoms with Crippen LogP contribution in [0.2, 0.25) is 0 Å². The minimum atomic E-state index is -0.175. The molecule has 0 unspecified atom stereocenters. The highest BCUT2D eigenvalue weighted by Crippen LogP contribution is 2.11. The summed E-state index contributed by atoms with van der Waals surface area (Å²) in [6, 6.07) is 6.62. The fourth-order valence-electron chi connectivity index (χ4n) is 1.72. The third-order valence-corrected chi connectivity index (χ3v) is 2.67. The normalized spacial score (nSPS) is 10.2. The van der Waals surface area contributed by atoms with E-state index < -0.39 is 0 Å². The molecule has 0 atom stereocenters. The van der Waals surface area contributed by atoms with E-state index in [-0.39, 0.29) is 25.0 Å². The Bertz CT molecular complexity index is 445. The lowest BCUT2D eigenvalue weighted by molar-refractivity contribution is -0.114. The van der Waals surface area contributed by atoms with Gasteiger partial charge in [-0.25, -0.2) is 0 Å². The van der Waals surface area contributed by atoms with E-state index in [0.29, 0.717) is 24.4 Å². The number of hydrogen-bond acceptors (Lipinski definition) is 4. The van der Waals surface area contributed by atoms with Crippen molar-refractivity contribution in [1.29, 1.82) is 0 Å². The number of nitrogens with zero attached hydrogens (tertiary/aromatic N) is 1. The number of aliphatic hydroxyl groups is 1. The standard InChI is InChI=1S/C14H20N2O4/c1-11(18)15-13-5-3-12(4-6-13)14(19)16(7-9-17)8-10-20-2/h3-6,17H,7-10H2,1-2H3,(H,15,18). The average molecular weight is 280 g/mol. The summed E-state index contributed by atoms with van der Waals surface area (Å²) in [5.41, 5.74) is 1.14. The van der Waals surface area contributed by atoms with Crippen molar-refractivity contribution in [3.05, 3.63) is 29.8 Å². The van der Waals surface area contributed by atoms with Crippen LogP contribution in [0.1, 0.15) is 17.3 Å². The maximum atomic E-state index is 12.2. The Hall–Kier alpha value is -1.92. The monoisotopic (exact) mass is 280 g/mol. The van der Waals surface area contributed by atoms with Crippen LogP contribution in [0.15, 0.2) is 24.3 Å². The molecule has 0 aliphatic rings. The van der Waals surface area contributed by atoms with E-state index in [4.69, 9.17) is 9.84 Å². The van der Waals surface area contributed by atoms with Crippen molar-refractivity contribution >= 4 is 17.5 Å². The predicted molar refractivity (Wildman–Crippen MR) is 75.6 cm³/mol. The minimum Gasteiger partial charge on any atom is -0.395 e. The number of carbonyl (C=O) groups is 2. The van der Waals surface area contributed by atoms with Crippen molar-refractivity contribution in [1.82, 2.24) is 4.90 Å². The Labute approximate surface area is 118 Å². The molecule has 2 amide bonds. The lowest BCUT2D eigenvalue weighted by Crippen LogP contribution is -2.36. The lowest BCUT2D eigenvalue weighted by atomic mass is 10.1. The number of hydrogen-bond donors (Lipinski definition) is 2. The lowest BCUT2D eigenvalue weighted by Gasteiger charge is -2.21. The molecule has 0 fully saturated rings. The number of anilines is 1. The SMILES string of the molecule is COCCN(CCO)C(=O)c1ccc(NC(C)=O)cc1. The van der Waals surface area contributed by atoms with E-state index in [1.165, 1.54) is 11.8 Å². The zero-order chi connectivity index (χ0) is 15.0. The second kappa shape index (κ2) is 8.29. The first-order chi connectivity index (χ1) is 9.58. The first-order valence-corrected chi connectivity index (χ1v) is 6.35. The van der Waals surface area contributed by atoms with Crippen molar-refractivity contribution in [2.45, 2.75) is 6.92 Å². The summed E-state index contributed by atoms with van der Waals surface area (Å²) in [5, 5.41) is 11.6. The first kappa shape index (κ1) is 16.1. The highest BCUT2D eigenvalue weighted by Gasteiger charge is 2.14. The number of carbonyl (C=O) groups excluding carboxylic acids is 2. The number of benzene rings is 1. The van der Waals surface area contributed by atoms with Crippen molar-refractivity contribution in [2.24, 2.45) is 0 Å². The molecule has 0 heterocycles. The van der Waals surface area contributed by atoms with Crippen LogP contribution in [0.4, 0.5) is 5.69 Å². The van der Waals surface area contributed by atoms with Gasteiger partial charge in [-0.15, -0.1) is 0 Å². The molecular formula is C14H20N2O4. The molecule has 2 N–H and O–H groups in total. The maximum Gasteiger partial charge on any atom is 0.254 e. The molecule has 0 aliphatic carbocycles. The van der Waals surface area contributed by atoms with Gasteiger partial charge in [-0.1, -0.05) is 0 Å². The minimum absolute atomic E-state index is 0.0978. The zero-order valence-electron chi connectivity index (χ0n) is 11.8. The number of aliphatic hydroxyl groups excluding tert-OH is 1. The molecule has 0 aromatic heterocycles. The molecule has 0 bridgehead atoms. The van der Waals surface area contributed by atoms with Crippen LogP contribution in [0.3, 0.4) is 0 Å². The topological polar surface area (TPSA) is 78.9 Å². The van der Waals surface area contributed by atoms with Crippen molar-refractivity contribution in [3.63, 3.8) is 0 Å². The molecule has 110 valence electrons. The van der Waals surface area contributed by atoms with Gasteiger partial charge in [0, 0.05) is 38.4 Å². The summed E-state index contributed by atoms with van der Waals surface area (Å²) < 4.78 is 4.94. The van der Waals surface area contributed by atoms with Gasteiger partial charge in [-0.3, -0.25) is 9.59 Å². The van der Waals surface area contributed by atoms with Gasteiger partial charge in [0.25, 0.3) is 5.91 Å². The van der Waals surface area contributed by atoms with E-state index in [0.717, 1.165) is 0 Å². The Balaban J connectivity index is 2.75. The highest BCUT2D eigenvalue weighted by atomic mass is 16.5. The Morgan fingerprint density at radius 2 is 1.90 bits per heavy atom. The molecule has 6 nitrogen and oxygen atoms in total. The summed E-state index contributed by atoms with van der Waals surface area (Å²) in [5.74, 6) is -0.337. The van der Waals surface area contributed by atoms with E-state index >= 15 is 0 Å². The maximum absolute atomic E-state index is 12.2. The van der Waals surface area contributed by atoms with Crippen molar-refractivity contribution in [3.8, 4) is 0 Å². The van der Waals surface area contributed by atoms with E-state index in [2.05, 4.69) is 5.32 Å². The van der Waals surface area contributed by atoms with Gasteiger partial charge in [0.1, 0.15) is 0 Å². The number of ether oxygens (including phenoxy) is 1. The summed E-state index contributed by atoms with van der Waals surface area (Å²) in [7, 11) is 1.56. The Morgan fingerprint density at radius 3 is 2.40 bits per heavy atom.